The Morgan fingerprint density at radius 2 is 1.93 bits per heavy atom. The second-order valence-electron chi connectivity index (χ2n) is 3.97. The molecule has 78 valence electrons. The summed E-state index contributed by atoms with van der Waals surface area (Å²) in [7, 11) is 0. The number of aryl methyl sites for hydroxylation is 1. The fourth-order valence-corrected chi connectivity index (χ4v) is 1.44. The lowest BCUT2D eigenvalue weighted by atomic mass is 10.1. The molecule has 0 aliphatic rings. The van der Waals surface area contributed by atoms with Crippen LogP contribution in [0.1, 0.15) is 38.1 Å². The minimum atomic E-state index is 0.410. The van der Waals surface area contributed by atoms with E-state index >= 15 is 0 Å². The molecule has 2 rings (SSSR count). The average molecular weight is 201 g/mol. The van der Waals surface area contributed by atoms with Crippen LogP contribution in [0.15, 0.2) is 18.5 Å². The number of fused-ring (bicyclic) bond motifs is 1. The topological polar surface area (TPSA) is 38.7 Å². The van der Waals surface area contributed by atoms with Crippen molar-refractivity contribution < 1.29 is 0 Å². The van der Waals surface area contributed by atoms with Crippen LogP contribution in [-0.4, -0.2) is 15.0 Å². The minimum absolute atomic E-state index is 0.410. The zero-order valence-electron chi connectivity index (χ0n) is 9.36. The molecule has 2 aromatic heterocycles. The molecule has 0 radical (unpaired) electrons. The highest BCUT2D eigenvalue weighted by Gasteiger charge is 2.04. The molecule has 0 saturated carbocycles. The largest absolute Gasteiger partial charge is 0.259 e. The van der Waals surface area contributed by atoms with Gasteiger partial charge in [-0.2, -0.15) is 0 Å². The molecule has 0 aliphatic carbocycles. The van der Waals surface area contributed by atoms with Crippen LogP contribution in [0.2, 0.25) is 0 Å². The smallest absolute Gasteiger partial charge is 0.107 e. The molecule has 0 unspecified atom stereocenters. The first-order chi connectivity index (χ1) is 7.20. The standard InChI is InChI=1S/C12H15N3/c1-4-9-5-10-12(7-13-9)15-11(6-14-10)8(2)3/h5-8H,4H2,1-3H3. The van der Waals surface area contributed by atoms with Crippen molar-refractivity contribution in [1.29, 1.82) is 0 Å². The summed E-state index contributed by atoms with van der Waals surface area (Å²) in [5, 5.41) is 0. The molecule has 3 nitrogen and oxygen atoms in total. The summed E-state index contributed by atoms with van der Waals surface area (Å²) in [4.78, 5) is 13.3. The Labute approximate surface area is 89.6 Å². The fraction of sp³-hybridized carbons (Fsp3) is 0.417. The SMILES string of the molecule is CCc1cc2ncc(C(C)C)nc2cn1. The van der Waals surface area contributed by atoms with Crippen LogP contribution < -0.4 is 0 Å². The van der Waals surface area contributed by atoms with Gasteiger partial charge in [0.25, 0.3) is 0 Å². The summed E-state index contributed by atoms with van der Waals surface area (Å²) >= 11 is 0. The number of hydrogen-bond acceptors (Lipinski definition) is 3. The van der Waals surface area contributed by atoms with E-state index in [9.17, 15) is 0 Å². The second kappa shape index (κ2) is 3.93. The molecule has 0 bridgehead atoms. The van der Waals surface area contributed by atoms with Crippen molar-refractivity contribution in [2.24, 2.45) is 0 Å². The Balaban J connectivity index is 2.55. The predicted octanol–water partition coefficient (Wildman–Crippen LogP) is 2.71. The maximum Gasteiger partial charge on any atom is 0.107 e. The first-order valence-corrected chi connectivity index (χ1v) is 5.32. The van der Waals surface area contributed by atoms with Gasteiger partial charge >= 0.3 is 0 Å². The van der Waals surface area contributed by atoms with E-state index < -0.39 is 0 Å². The summed E-state index contributed by atoms with van der Waals surface area (Å²) in [6, 6.07) is 2.01. The van der Waals surface area contributed by atoms with Gasteiger partial charge in [-0.3, -0.25) is 9.97 Å². The van der Waals surface area contributed by atoms with E-state index in [2.05, 4.69) is 35.7 Å². The highest BCUT2D eigenvalue weighted by Crippen LogP contribution is 2.15. The van der Waals surface area contributed by atoms with Crippen molar-refractivity contribution in [2.75, 3.05) is 0 Å². The molecule has 0 amide bonds. The molecule has 15 heavy (non-hydrogen) atoms. The third-order valence-corrected chi connectivity index (χ3v) is 2.46. The highest BCUT2D eigenvalue weighted by atomic mass is 14.8. The average Bonchev–Trinajstić information content (AvgIpc) is 2.27. The fourth-order valence-electron chi connectivity index (χ4n) is 1.44. The summed E-state index contributed by atoms with van der Waals surface area (Å²) in [5.74, 6) is 0.410. The highest BCUT2D eigenvalue weighted by molar-refractivity contribution is 5.73. The van der Waals surface area contributed by atoms with E-state index in [1.54, 1.807) is 0 Å². The lowest BCUT2D eigenvalue weighted by Crippen LogP contribution is -1.96. The maximum absolute atomic E-state index is 4.53. The predicted molar refractivity (Wildman–Crippen MR) is 60.8 cm³/mol. The van der Waals surface area contributed by atoms with Crippen LogP contribution in [0.3, 0.4) is 0 Å². The zero-order chi connectivity index (χ0) is 10.8. The number of aromatic nitrogens is 3. The summed E-state index contributed by atoms with van der Waals surface area (Å²) in [6.07, 6.45) is 4.60. The Morgan fingerprint density at radius 3 is 2.60 bits per heavy atom. The number of pyridine rings is 1. The van der Waals surface area contributed by atoms with Crippen molar-refractivity contribution in [3.8, 4) is 0 Å². The lowest BCUT2D eigenvalue weighted by molar-refractivity contribution is 0.821. The van der Waals surface area contributed by atoms with Gasteiger partial charge in [0.1, 0.15) is 5.52 Å². The molecule has 0 spiro atoms. The molecule has 2 heterocycles. The van der Waals surface area contributed by atoms with Gasteiger partial charge in [0.15, 0.2) is 0 Å². The van der Waals surface area contributed by atoms with E-state index in [4.69, 9.17) is 0 Å². The van der Waals surface area contributed by atoms with Crippen LogP contribution in [0.25, 0.3) is 11.0 Å². The van der Waals surface area contributed by atoms with Crippen LogP contribution in [0, 0.1) is 0 Å². The third-order valence-electron chi connectivity index (χ3n) is 2.46. The Kier molecular flexibility index (Phi) is 2.62. The summed E-state index contributed by atoms with van der Waals surface area (Å²) in [6.45, 7) is 6.32. The van der Waals surface area contributed by atoms with Gasteiger partial charge in [-0.05, 0) is 18.4 Å². The van der Waals surface area contributed by atoms with Gasteiger partial charge in [0, 0.05) is 11.9 Å². The second-order valence-corrected chi connectivity index (χ2v) is 3.97. The van der Waals surface area contributed by atoms with E-state index in [0.717, 1.165) is 28.8 Å². The van der Waals surface area contributed by atoms with Gasteiger partial charge in [-0.1, -0.05) is 20.8 Å². The summed E-state index contributed by atoms with van der Waals surface area (Å²) in [5.41, 5.74) is 3.91. The van der Waals surface area contributed by atoms with Crippen LogP contribution in [0.4, 0.5) is 0 Å². The summed E-state index contributed by atoms with van der Waals surface area (Å²) < 4.78 is 0. The molecule has 0 aliphatic heterocycles. The van der Waals surface area contributed by atoms with Gasteiger partial charge in [0.2, 0.25) is 0 Å². The molecular weight excluding hydrogens is 186 g/mol. The molecule has 2 aromatic rings. The molecule has 0 saturated heterocycles. The monoisotopic (exact) mass is 201 g/mol. The van der Waals surface area contributed by atoms with Crippen molar-refractivity contribution in [3.05, 3.63) is 29.8 Å². The van der Waals surface area contributed by atoms with E-state index in [0.29, 0.717) is 5.92 Å². The molecule has 3 heteroatoms. The Bertz CT molecular complexity index is 477. The number of nitrogens with zero attached hydrogens (tertiary/aromatic N) is 3. The molecule has 0 atom stereocenters. The molecule has 0 aromatic carbocycles. The normalized spacial score (nSPS) is 11.2. The van der Waals surface area contributed by atoms with Gasteiger partial charge in [-0.25, -0.2) is 4.98 Å². The van der Waals surface area contributed by atoms with Gasteiger partial charge in [0.05, 0.1) is 17.4 Å². The van der Waals surface area contributed by atoms with E-state index in [1.807, 2.05) is 18.5 Å². The number of hydrogen-bond donors (Lipinski definition) is 0. The first kappa shape index (κ1) is 10.0. The van der Waals surface area contributed by atoms with Crippen molar-refractivity contribution in [3.63, 3.8) is 0 Å². The van der Waals surface area contributed by atoms with Gasteiger partial charge < -0.3 is 0 Å². The Hall–Kier alpha value is -1.51. The molecular formula is C12H15N3. The van der Waals surface area contributed by atoms with Gasteiger partial charge in [-0.15, -0.1) is 0 Å². The van der Waals surface area contributed by atoms with Crippen molar-refractivity contribution in [1.82, 2.24) is 15.0 Å². The zero-order valence-corrected chi connectivity index (χ0v) is 9.36. The number of rotatable bonds is 2. The molecule has 0 fully saturated rings. The first-order valence-electron chi connectivity index (χ1n) is 5.32. The van der Waals surface area contributed by atoms with Crippen LogP contribution >= 0.6 is 0 Å². The van der Waals surface area contributed by atoms with E-state index in [-0.39, 0.29) is 0 Å². The van der Waals surface area contributed by atoms with Crippen LogP contribution in [-0.2, 0) is 6.42 Å². The quantitative estimate of drug-likeness (QED) is 0.749. The lowest BCUT2D eigenvalue weighted by Gasteiger charge is -2.05. The minimum Gasteiger partial charge on any atom is -0.259 e. The van der Waals surface area contributed by atoms with Crippen molar-refractivity contribution >= 4 is 11.0 Å². The maximum atomic E-state index is 4.53. The molecule has 0 N–H and O–H groups in total. The van der Waals surface area contributed by atoms with Crippen molar-refractivity contribution in [2.45, 2.75) is 33.1 Å². The van der Waals surface area contributed by atoms with E-state index in [1.165, 1.54) is 0 Å². The van der Waals surface area contributed by atoms with Crippen LogP contribution in [0.5, 0.6) is 0 Å². The Morgan fingerprint density at radius 1 is 1.13 bits per heavy atom. The third kappa shape index (κ3) is 1.96.